The molecule has 1 N–H and O–H groups in total. The second-order valence-corrected chi connectivity index (χ2v) is 5.19. The molecule has 0 bridgehead atoms. The van der Waals surface area contributed by atoms with Crippen molar-refractivity contribution < 1.29 is 23.8 Å². The van der Waals surface area contributed by atoms with Crippen LogP contribution in [0.5, 0.6) is 11.5 Å². The molecule has 0 radical (unpaired) electrons. The highest BCUT2D eigenvalue weighted by Crippen LogP contribution is 2.19. The highest BCUT2D eigenvalue weighted by Gasteiger charge is 2.27. The summed E-state index contributed by atoms with van der Waals surface area (Å²) < 4.78 is 15.5. The molecule has 1 aromatic carbocycles. The largest absolute Gasteiger partial charge is 0.497 e. The summed E-state index contributed by atoms with van der Waals surface area (Å²) >= 11 is 0. The Kier molecular flexibility index (Phi) is 5.63. The van der Waals surface area contributed by atoms with Crippen LogP contribution in [0.3, 0.4) is 0 Å². The molecule has 1 atom stereocenters. The minimum Gasteiger partial charge on any atom is -0.497 e. The number of methoxy groups -OCH3 is 1. The van der Waals surface area contributed by atoms with Gasteiger partial charge in [0.1, 0.15) is 11.5 Å². The van der Waals surface area contributed by atoms with E-state index < -0.39 is 12.1 Å². The monoisotopic (exact) mass is 307 g/mol. The van der Waals surface area contributed by atoms with E-state index in [1.807, 2.05) is 0 Å². The van der Waals surface area contributed by atoms with Crippen molar-refractivity contribution in [3.63, 3.8) is 0 Å². The highest BCUT2D eigenvalue weighted by atomic mass is 16.5. The first kappa shape index (κ1) is 16.1. The van der Waals surface area contributed by atoms with E-state index in [0.717, 1.165) is 18.6 Å². The number of hydrogen-bond donors (Lipinski definition) is 1. The summed E-state index contributed by atoms with van der Waals surface area (Å²) in [5.41, 5.74) is 0. The van der Waals surface area contributed by atoms with E-state index in [-0.39, 0.29) is 25.0 Å². The molecular weight excluding hydrogens is 286 g/mol. The second kappa shape index (κ2) is 7.68. The topological polar surface area (TPSA) is 73.9 Å². The van der Waals surface area contributed by atoms with Crippen LogP contribution < -0.4 is 14.8 Å². The maximum absolute atomic E-state index is 11.7. The average molecular weight is 307 g/mol. The molecule has 0 unspecified atom stereocenters. The Bertz CT molecular complexity index is 510. The van der Waals surface area contributed by atoms with Gasteiger partial charge in [-0.1, -0.05) is 0 Å². The van der Waals surface area contributed by atoms with Crippen LogP contribution in [0, 0.1) is 0 Å². The molecule has 0 aliphatic heterocycles. The molecule has 1 fully saturated rings. The van der Waals surface area contributed by atoms with Gasteiger partial charge in [-0.2, -0.15) is 0 Å². The lowest BCUT2D eigenvalue weighted by Gasteiger charge is -2.13. The molecule has 1 saturated carbocycles. The lowest BCUT2D eigenvalue weighted by molar-refractivity contribution is -0.155. The molecular formula is C16H21NO5. The van der Waals surface area contributed by atoms with Crippen molar-refractivity contribution in [1.82, 2.24) is 5.32 Å². The number of esters is 1. The summed E-state index contributed by atoms with van der Waals surface area (Å²) in [5.74, 6) is 0.689. The van der Waals surface area contributed by atoms with Gasteiger partial charge in [0.15, 0.2) is 6.10 Å². The van der Waals surface area contributed by atoms with Crippen LogP contribution >= 0.6 is 0 Å². The molecule has 1 amide bonds. The number of ether oxygens (including phenoxy) is 3. The number of hydrogen-bond acceptors (Lipinski definition) is 5. The minimum atomic E-state index is -0.769. The Morgan fingerprint density at radius 1 is 1.23 bits per heavy atom. The molecule has 6 heteroatoms. The fraction of sp³-hybridized carbons (Fsp3) is 0.500. The predicted octanol–water partition coefficient (Wildman–Crippen LogP) is 1.67. The Labute approximate surface area is 129 Å². The van der Waals surface area contributed by atoms with E-state index in [1.54, 1.807) is 38.3 Å². The number of carbonyl (C=O) groups is 2. The van der Waals surface area contributed by atoms with E-state index in [9.17, 15) is 9.59 Å². The summed E-state index contributed by atoms with van der Waals surface area (Å²) in [6, 6.07) is 7.33. The van der Waals surface area contributed by atoms with Crippen molar-refractivity contribution in [2.45, 2.75) is 38.3 Å². The molecule has 2 rings (SSSR count). The fourth-order valence-electron chi connectivity index (χ4n) is 1.78. The van der Waals surface area contributed by atoms with E-state index in [2.05, 4.69) is 5.32 Å². The Hall–Kier alpha value is -2.24. The number of nitrogens with one attached hydrogen (secondary N) is 1. The number of carbonyl (C=O) groups excluding carboxylic acids is 2. The third-order valence-corrected chi connectivity index (χ3v) is 3.24. The molecule has 1 aliphatic rings. The smallest absolute Gasteiger partial charge is 0.310 e. The van der Waals surface area contributed by atoms with Crippen molar-refractivity contribution in [1.29, 1.82) is 0 Å². The molecule has 0 saturated heterocycles. The van der Waals surface area contributed by atoms with Gasteiger partial charge in [0, 0.05) is 6.04 Å². The zero-order valence-electron chi connectivity index (χ0n) is 12.8. The number of benzene rings is 1. The molecule has 1 aromatic rings. The average Bonchev–Trinajstić information content (AvgIpc) is 3.31. The van der Waals surface area contributed by atoms with Gasteiger partial charge in [-0.05, 0) is 44.0 Å². The first-order valence-corrected chi connectivity index (χ1v) is 7.35. The van der Waals surface area contributed by atoms with Crippen LogP contribution in [-0.4, -0.2) is 37.7 Å². The van der Waals surface area contributed by atoms with Gasteiger partial charge in [0.25, 0.3) is 5.91 Å². The van der Waals surface area contributed by atoms with Crippen molar-refractivity contribution in [3.8, 4) is 11.5 Å². The van der Waals surface area contributed by atoms with Crippen LogP contribution in [0.15, 0.2) is 24.3 Å². The molecule has 22 heavy (non-hydrogen) atoms. The van der Waals surface area contributed by atoms with Crippen molar-refractivity contribution in [2.75, 3.05) is 13.7 Å². The summed E-state index contributed by atoms with van der Waals surface area (Å²) in [4.78, 5) is 23.3. The SMILES string of the molecule is COc1ccc(OCCC(=O)O[C@H](C)C(=O)NC2CC2)cc1. The maximum atomic E-state index is 11.7. The summed E-state index contributed by atoms with van der Waals surface area (Å²) in [6.45, 7) is 1.77. The molecule has 1 aliphatic carbocycles. The summed E-state index contributed by atoms with van der Waals surface area (Å²) in [7, 11) is 1.59. The second-order valence-electron chi connectivity index (χ2n) is 5.19. The maximum Gasteiger partial charge on any atom is 0.310 e. The van der Waals surface area contributed by atoms with E-state index in [1.165, 1.54) is 0 Å². The molecule has 0 spiro atoms. The Morgan fingerprint density at radius 3 is 2.45 bits per heavy atom. The zero-order chi connectivity index (χ0) is 15.9. The summed E-state index contributed by atoms with van der Waals surface area (Å²) in [5, 5.41) is 2.79. The predicted molar refractivity (Wildman–Crippen MR) is 79.8 cm³/mol. The van der Waals surface area contributed by atoms with Gasteiger partial charge in [-0.15, -0.1) is 0 Å². The summed E-state index contributed by atoms with van der Waals surface area (Å²) in [6.07, 6.45) is 1.33. The van der Waals surface area contributed by atoms with Gasteiger partial charge in [0.2, 0.25) is 0 Å². The molecule has 120 valence electrons. The lowest BCUT2D eigenvalue weighted by Crippen LogP contribution is -2.37. The van der Waals surface area contributed by atoms with E-state index in [0.29, 0.717) is 5.75 Å². The van der Waals surface area contributed by atoms with Crippen LogP contribution in [0.4, 0.5) is 0 Å². The minimum absolute atomic E-state index is 0.0904. The molecule has 0 aromatic heterocycles. The van der Waals surface area contributed by atoms with Crippen molar-refractivity contribution in [3.05, 3.63) is 24.3 Å². The van der Waals surface area contributed by atoms with Gasteiger partial charge < -0.3 is 19.5 Å². The van der Waals surface area contributed by atoms with Gasteiger partial charge >= 0.3 is 5.97 Å². The number of rotatable bonds is 8. The van der Waals surface area contributed by atoms with Crippen LogP contribution in [0.25, 0.3) is 0 Å². The van der Waals surface area contributed by atoms with Gasteiger partial charge in [-0.3, -0.25) is 9.59 Å². The van der Waals surface area contributed by atoms with Crippen LogP contribution in [0.1, 0.15) is 26.2 Å². The van der Waals surface area contributed by atoms with Crippen LogP contribution in [-0.2, 0) is 14.3 Å². The Morgan fingerprint density at radius 2 is 1.86 bits per heavy atom. The normalized spacial score (nSPS) is 14.8. The third kappa shape index (κ3) is 5.27. The zero-order valence-corrected chi connectivity index (χ0v) is 12.8. The quantitative estimate of drug-likeness (QED) is 0.740. The van der Waals surface area contributed by atoms with Crippen molar-refractivity contribution in [2.24, 2.45) is 0 Å². The van der Waals surface area contributed by atoms with Gasteiger partial charge in [-0.25, -0.2) is 0 Å². The van der Waals surface area contributed by atoms with E-state index in [4.69, 9.17) is 14.2 Å². The molecule has 6 nitrogen and oxygen atoms in total. The molecule has 0 heterocycles. The van der Waals surface area contributed by atoms with E-state index >= 15 is 0 Å². The fourth-order valence-corrected chi connectivity index (χ4v) is 1.78. The lowest BCUT2D eigenvalue weighted by atomic mass is 10.3. The number of amides is 1. The highest BCUT2D eigenvalue weighted by molar-refractivity contribution is 5.83. The van der Waals surface area contributed by atoms with Gasteiger partial charge in [0.05, 0.1) is 20.1 Å². The van der Waals surface area contributed by atoms with Crippen molar-refractivity contribution >= 4 is 11.9 Å². The van der Waals surface area contributed by atoms with Crippen LogP contribution in [0.2, 0.25) is 0 Å². The Balaban J connectivity index is 1.64. The first-order valence-electron chi connectivity index (χ1n) is 7.35. The standard InChI is InChI=1S/C16H21NO5/c1-11(16(19)17-12-3-4-12)22-15(18)9-10-21-14-7-5-13(20-2)6-8-14/h5-8,11-12H,3-4,9-10H2,1-2H3,(H,17,19)/t11-/m1/s1. The first-order chi connectivity index (χ1) is 10.6. The third-order valence-electron chi connectivity index (χ3n) is 3.24.